The Hall–Kier alpha value is -3.61. The van der Waals surface area contributed by atoms with Crippen LogP contribution in [0.5, 0.6) is 11.5 Å². The van der Waals surface area contributed by atoms with Gasteiger partial charge >= 0.3 is 6.61 Å². The van der Waals surface area contributed by atoms with Crippen molar-refractivity contribution in [3.8, 4) is 11.5 Å². The van der Waals surface area contributed by atoms with Crippen LogP contribution in [-0.2, 0) is 0 Å². The summed E-state index contributed by atoms with van der Waals surface area (Å²) in [5.74, 6) is 1.13. The van der Waals surface area contributed by atoms with Gasteiger partial charge in [-0.1, -0.05) is 48.0 Å². The Bertz CT molecular complexity index is 1290. The molecule has 1 aliphatic heterocycles. The van der Waals surface area contributed by atoms with Gasteiger partial charge in [-0.25, -0.2) is 4.98 Å². The van der Waals surface area contributed by atoms with Crippen LogP contribution in [0.1, 0.15) is 42.1 Å². The minimum atomic E-state index is -2.91. The van der Waals surface area contributed by atoms with Gasteiger partial charge in [-0.2, -0.15) is 8.78 Å². The van der Waals surface area contributed by atoms with Crippen molar-refractivity contribution in [2.24, 2.45) is 0 Å². The number of nitrogens with one attached hydrogen (secondary N) is 1. The highest BCUT2D eigenvalue weighted by atomic mass is 19.3. The molecule has 5 nitrogen and oxygen atoms in total. The van der Waals surface area contributed by atoms with Crippen molar-refractivity contribution < 1.29 is 18.3 Å². The standard InChI is InChI=1S/C26H25F2N3O2/c1-3-32-24-14-18(11-12-23(24)33-25(27)28)22-15-20(17-8-6-7-16(2)13-17)30-26-29-19-9-4-5-10-21(19)31(22)26/h4-14,20,22,25H,3,15H2,1-2H3,(H,29,30)/t20-,22+/m0/s1. The van der Waals surface area contributed by atoms with Crippen molar-refractivity contribution in [3.63, 3.8) is 0 Å². The molecule has 2 atom stereocenters. The van der Waals surface area contributed by atoms with E-state index in [1.165, 1.54) is 11.1 Å². The lowest BCUT2D eigenvalue weighted by molar-refractivity contribution is -0.0514. The second-order valence-corrected chi connectivity index (χ2v) is 8.17. The van der Waals surface area contributed by atoms with E-state index >= 15 is 0 Å². The van der Waals surface area contributed by atoms with E-state index < -0.39 is 6.61 Å². The van der Waals surface area contributed by atoms with Gasteiger partial charge in [0.2, 0.25) is 5.95 Å². The highest BCUT2D eigenvalue weighted by Crippen LogP contribution is 2.43. The summed E-state index contributed by atoms with van der Waals surface area (Å²) >= 11 is 0. The Labute approximate surface area is 191 Å². The fraction of sp³-hybridized carbons (Fsp3) is 0.269. The highest BCUT2D eigenvalue weighted by Gasteiger charge is 2.31. The molecule has 1 aromatic heterocycles. The van der Waals surface area contributed by atoms with Crippen molar-refractivity contribution in [1.82, 2.24) is 9.55 Å². The first-order valence-electron chi connectivity index (χ1n) is 11.0. The van der Waals surface area contributed by atoms with Crippen LogP contribution < -0.4 is 14.8 Å². The van der Waals surface area contributed by atoms with Crippen LogP contribution in [0, 0.1) is 6.92 Å². The molecule has 0 fully saturated rings. The molecule has 0 spiro atoms. The highest BCUT2D eigenvalue weighted by molar-refractivity contribution is 5.79. The molecule has 4 aromatic rings. The summed E-state index contributed by atoms with van der Waals surface area (Å²) in [5, 5.41) is 3.60. The number of halogens is 2. The first kappa shape index (κ1) is 21.2. The second kappa shape index (κ2) is 8.73. The van der Waals surface area contributed by atoms with Crippen LogP contribution in [-0.4, -0.2) is 22.8 Å². The number of alkyl halides is 2. The number of hydrogen-bond acceptors (Lipinski definition) is 4. The number of nitrogens with zero attached hydrogens (tertiary/aromatic N) is 2. The van der Waals surface area contributed by atoms with Crippen molar-refractivity contribution in [3.05, 3.63) is 83.4 Å². The lowest BCUT2D eigenvalue weighted by Gasteiger charge is -2.34. The van der Waals surface area contributed by atoms with Crippen molar-refractivity contribution >= 4 is 17.0 Å². The quantitative estimate of drug-likeness (QED) is 0.365. The second-order valence-electron chi connectivity index (χ2n) is 8.17. The number of imidazole rings is 1. The summed E-state index contributed by atoms with van der Waals surface area (Å²) in [6.07, 6.45) is 0.761. The van der Waals surface area contributed by atoms with Gasteiger partial charge in [-0.05, 0) is 55.7 Å². The van der Waals surface area contributed by atoms with Crippen LogP contribution in [0.25, 0.3) is 11.0 Å². The fourth-order valence-electron chi connectivity index (χ4n) is 4.59. The molecule has 0 bridgehead atoms. The van der Waals surface area contributed by atoms with Crippen molar-refractivity contribution in [2.45, 2.75) is 39.0 Å². The van der Waals surface area contributed by atoms with Crippen LogP contribution in [0.4, 0.5) is 14.7 Å². The SMILES string of the molecule is CCOc1cc([C@H]2C[C@@H](c3cccc(C)c3)Nc3nc4ccccc4n32)ccc1OC(F)F. The number of benzene rings is 3. The number of ether oxygens (including phenoxy) is 2. The molecule has 7 heteroatoms. The maximum atomic E-state index is 12.9. The molecule has 1 aliphatic rings. The Morgan fingerprint density at radius 3 is 2.67 bits per heavy atom. The summed E-state index contributed by atoms with van der Waals surface area (Å²) in [6, 6.07) is 21.6. The normalized spacial score (nSPS) is 17.6. The third-order valence-electron chi connectivity index (χ3n) is 5.98. The number of para-hydroxylation sites is 2. The molecule has 170 valence electrons. The number of rotatable bonds is 6. The molecule has 2 heterocycles. The molecular weight excluding hydrogens is 424 g/mol. The molecule has 0 saturated heterocycles. The molecule has 0 amide bonds. The van der Waals surface area contributed by atoms with E-state index in [0.717, 1.165) is 29.0 Å². The Morgan fingerprint density at radius 1 is 1.03 bits per heavy atom. The third-order valence-corrected chi connectivity index (χ3v) is 5.98. The average Bonchev–Trinajstić information content (AvgIpc) is 3.18. The van der Waals surface area contributed by atoms with Gasteiger partial charge in [0.25, 0.3) is 0 Å². The van der Waals surface area contributed by atoms with Crippen LogP contribution in [0.2, 0.25) is 0 Å². The minimum Gasteiger partial charge on any atom is -0.490 e. The van der Waals surface area contributed by atoms with Gasteiger partial charge < -0.3 is 19.4 Å². The largest absolute Gasteiger partial charge is 0.490 e. The van der Waals surface area contributed by atoms with E-state index in [1.807, 2.05) is 43.3 Å². The zero-order valence-corrected chi connectivity index (χ0v) is 18.5. The van der Waals surface area contributed by atoms with Crippen LogP contribution in [0.15, 0.2) is 66.7 Å². The average molecular weight is 450 g/mol. The molecule has 0 unspecified atom stereocenters. The maximum absolute atomic E-state index is 12.9. The molecule has 0 radical (unpaired) electrons. The molecule has 1 N–H and O–H groups in total. The smallest absolute Gasteiger partial charge is 0.387 e. The monoisotopic (exact) mass is 449 g/mol. The van der Waals surface area contributed by atoms with E-state index in [0.29, 0.717) is 12.4 Å². The molecule has 0 saturated carbocycles. The predicted molar refractivity (Wildman–Crippen MR) is 124 cm³/mol. The molecule has 0 aliphatic carbocycles. The Balaban J connectivity index is 1.63. The summed E-state index contributed by atoms with van der Waals surface area (Å²) in [7, 11) is 0. The zero-order chi connectivity index (χ0) is 22.9. The van der Waals surface area contributed by atoms with Crippen molar-refractivity contribution in [1.29, 1.82) is 0 Å². The predicted octanol–water partition coefficient (Wildman–Crippen LogP) is 6.49. The third kappa shape index (κ3) is 4.11. The summed E-state index contributed by atoms with van der Waals surface area (Å²) in [5.41, 5.74) is 5.23. The Morgan fingerprint density at radius 2 is 1.88 bits per heavy atom. The van der Waals surface area contributed by atoms with E-state index in [1.54, 1.807) is 6.07 Å². The summed E-state index contributed by atoms with van der Waals surface area (Å²) in [4.78, 5) is 4.84. The number of aryl methyl sites for hydroxylation is 1. The summed E-state index contributed by atoms with van der Waals surface area (Å²) < 4.78 is 38.3. The van der Waals surface area contributed by atoms with E-state index in [-0.39, 0.29) is 17.8 Å². The number of aromatic nitrogens is 2. The van der Waals surface area contributed by atoms with Crippen LogP contribution >= 0.6 is 0 Å². The first-order chi connectivity index (χ1) is 16.0. The van der Waals surface area contributed by atoms with Gasteiger partial charge in [-0.3, -0.25) is 0 Å². The molecule has 5 rings (SSSR count). The fourth-order valence-corrected chi connectivity index (χ4v) is 4.59. The van der Waals surface area contributed by atoms with E-state index in [9.17, 15) is 8.78 Å². The Kier molecular flexibility index (Phi) is 5.62. The van der Waals surface area contributed by atoms with E-state index in [2.05, 4.69) is 45.8 Å². The zero-order valence-electron chi connectivity index (χ0n) is 18.5. The van der Waals surface area contributed by atoms with Gasteiger partial charge in [0.15, 0.2) is 11.5 Å². The van der Waals surface area contributed by atoms with Crippen LogP contribution in [0.3, 0.4) is 0 Å². The van der Waals surface area contributed by atoms with Gasteiger partial charge in [-0.15, -0.1) is 0 Å². The molecule has 3 aromatic carbocycles. The number of fused-ring (bicyclic) bond motifs is 3. The van der Waals surface area contributed by atoms with Gasteiger partial charge in [0.1, 0.15) is 0 Å². The molecule has 33 heavy (non-hydrogen) atoms. The molecular formula is C26H25F2N3O2. The van der Waals surface area contributed by atoms with E-state index in [4.69, 9.17) is 9.72 Å². The lowest BCUT2D eigenvalue weighted by Crippen LogP contribution is -2.27. The van der Waals surface area contributed by atoms with Gasteiger partial charge in [0.05, 0.1) is 29.7 Å². The topological polar surface area (TPSA) is 48.3 Å². The number of anilines is 1. The summed E-state index contributed by atoms with van der Waals surface area (Å²) in [6.45, 7) is 1.33. The van der Waals surface area contributed by atoms with Gasteiger partial charge in [0, 0.05) is 0 Å². The van der Waals surface area contributed by atoms with Crippen molar-refractivity contribution in [2.75, 3.05) is 11.9 Å². The lowest BCUT2D eigenvalue weighted by atomic mass is 9.92. The maximum Gasteiger partial charge on any atom is 0.387 e. The first-order valence-corrected chi connectivity index (χ1v) is 11.0. The number of hydrogen-bond donors (Lipinski definition) is 1. The minimum absolute atomic E-state index is 0.0375.